The predicted octanol–water partition coefficient (Wildman–Crippen LogP) is 3.85. The molecule has 124 valence electrons. The van der Waals surface area contributed by atoms with Crippen molar-refractivity contribution >= 4 is 0 Å². The molecule has 0 amide bonds. The van der Waals surface area contributed by atoms with Gasteiger partial charge in [-0.15, -0.1) is 0 Å². The maximum absolute atomic E-state index is 9.18. The molecular weight excluding hydrogens is 274 g/mol. The molecule has 0 bridgehead atoms. The molecule has 22 heavy (non-hydrogen) atoms. The van der Waals surface area contributed by atoms with Crippen LogP contribution >= 0.6 is 0 Å². The zero-order chi connectivity index (χ0) is 15.6. The van der Waals surface area contributed by atoms with Crippen LogP contribution in [-0.2, 0) is 6.54 Å². The Labute approximate surface area is 135 Å². The number of benzene rings is 1. The van der Waals surface area contributed by atoms with Gasteiger partial charge in [0, 0.05) is 13.2 Å². The zero-order valence-corrected chi connectivity index (χ0v) is 14.0. The summed E-state index contributed by atoms with van der Waals surface area (Å²) < 4.78 is 5.78. The molecule has 0 radical (unpaired) electrons. The molecule has 0 unspecified atom stereocenters. The number of piperidine rings is 1. The SMILES string of the molecule is CCCCCCOc1ccc(CN2CCC(CO)CC2)cc1. The Hall–Kier alpha value is -1.06. The molecule has 1 N–H and O–H groups in total. The Morgan fingerprint density at radius 2 is 1.82 bits per heavy atom. The molecule has 0 saturated carbocycles. The molecule has 3 nitrogen and oxygen atoms in total. The Morgan fingerprint density at radius 1 is 1.09 bits per heavy atom. The standard InChI is InChI=1S/C19H31NO2/c1-2-3-4-5-14-22-19-8-6-17(7-9-19)15-20-12-10-18(16-21)11-13-20/h6-9,18,21H,2-5,10-16H2,1H3. The van der Waals surface area contributed by atoms with Crippen LogP contribution in [0.15, 0.2) is 24.3 Å². The molecule has 1 aliphatic heterocycles. The van der Waals surface area contributed by atoms with Gasteiger partial charge in [0.1, 0.15) is 5.75 Å². The van der Waals surface area contributed by atoms with E-state index in [0.717, 1.165) is 51.3 Å². The molecule has 1 aromatic rings. The quantitative estimate of drug-likeness (QED) is 0.703. The molecule has 0 aromatic heterocycles. The molecule has 1 aliphatic rings. The van der Waals surface area contributed by atoms with Crippen molar-refractivity contribution in [3.05, 3.63) is 29.8 Å². The summed E-state index contributed by atoms with van der Waals surface area (Å²) >= 11 is 0. The maximum Gasteiger partial charge on any atom is 0.119 e. The molecule has 3 heteroatoms. The van der Waals surface area contributed by atoms with Gasteiger partial charge in [-0.1, -0.05) is 38.3 Å². The molecular formula is C19H31NO2. The minimum Gasteiger partial charge on any atom is -0.494 e. The highest BCUT2D eigenvalue weighted by Gasteiger charge is 2.18. The van der Waals surface area contributed by atoms with Gasteiger partial charge >= 0.3 is 0 Å². The number of nitrogens with zero attached hydrogens (tertiary/aromatic N) is 1. The summed E-state index contributed by atoms with van der Waals surface area (Å²) in [5.74, 6) is 1.50. The number of aliphatic hydroxyl groups is 1. The van der Waals surface area contributed by atoms with Crippen molar-refractivity contribution in [3.63, 3.8) is 0 Å². The van der Waals surface area contributed by atoms with Gasteiger partial charge in [0.15, 0.2) is 0 Å². The van der Waals surface area contributed by atoms with Crippen LogP contribution in [0.5, 0.6) is 5.75 Å². The first kappa shape index (κ1) is 17.3. The normalized spacial score (nSPS) is 16.8. The molecule has 0 atom stereocenters. The third-order valence-electron chi connectivity index (χ3n) is 4.56. The second kappa shape index (κ2) is 9.86. The minimum atomic E-state index is 0.345. The Kier molecular flexibility index (Phi) is 7.75. The number of aliphatic hydroxyl groups excluding tert-OH is 1. The largest absolute Gasteiger partial charge is 0.494 e. The van der Waals surface area contributed by atoms with E-state index in [4.69, 9.17) is 4.74 Å². The number of unbranched alkanes of at least 4 members (excludes halogenated alkanes) is 3. The van der Waals surface area contributed by atoms with Crippen molar-refractivity contribution in [1.82, 2.24) is 4.90 Å². The summed E-state index contributed by atoms with van der Waals surface area (Å²) in [6.07, 6.45) is 7.22. The summed E-state index contributed by atoms with van der Waals surface area (Å²) in [5, 5.41) is 9.18. The minimum absolute atomic E-state index is 0.345. The van der Waals surface area contributed by atoms with Crippen LogP contribution in [-0.4, -0.2) is 36.3 Å². The lowest BCUT2D eigenvalue weighted by Crippen LogP contribution is -2.34. The average molecular weight is 305 g/mol. The molecule has 1 saturated heterocycles. The molecule has 1 fully saturated rings. The van der Waals surface area contributed by atoms with Gasteiger partial charge in [0.2, 0.25) is 0 Å². The van der Waals surface area contributed by atoms with Crippen LogP contribution in [0, 0.1) is 5.92 Å². The summed E-state index contributed by atoms with van der Waals surface area (Å²) in [5.41, 5.74) is 1.35. The lowest BCUT2D eigenvalue weighted by molar-refractivity contribution is 0.127. The van der Waals surface area contributed by atoms with E-state index >= 15 is 0 Å². The Morgan fingerprint density at radius 3 is 2.45 bits per heavy atom. The number of hydrogen-bond donors (Lipinski definition) is 1. The summed E-state index contributed by atoms with van der Waals surface area (Å²) in [6, 6.07) is 8.55. The summed E-state index contributed by atoms with van der Waals surface area (Å²) in [4.78, 5) is 2.48. The van der Waals surface area contributed by atoms with Crippen LogP contribution < -0.4 is 4.74 Å². The van der Waals surface area contributed by atoms with E-state index in [9.17, 15) is 5.11 Å². The lowest BCUT2D eigenvalue weighted by atomic mass is 9.97. The van der Waals surface area contributed by atoms with Gasteiger partial charge < -0.3 is 9.84 Å². The third-order valence-corrected chi connectivity index (χ3v) is 4.56. The van der Waals surface area contributed by atoms with Gasteiger partial charge in [-0.2, -0.15) is 0 Å². The van der Waals surface area contributed by atoms with Crippen LogP contribution in [0.25, 0.3) is 0 Å². The fourth-order valence-corrected chi connectivity index (χ4v) is 3.00. The van der Waals surface area contributed by atoms with E-state index < -0.39 is 0 Å². The second-order valence-corrected chi connectivity index (χ2v) is 6.46. The van der Waals surface area contributed by atoms with Gasteiger partial charge in [-0.25, -0.2) is 0 Å². The van der Waals surface area contributed by atoms with Crippen molar-refractivity contribution < 1.29 is 9.84 Å². The highest BCUT2D eigenvalue weighted by atomic mass is 16.5. The molecule has 1 heterocycles. The predicted molar refractivity (Wildman–Crippen MR) is 91.2 cm³/mol. The van der Waals surface area contributed by atoms with Crippen molar-refractivity contribution in [1.29, 1.82) is 0 Å². The monoisotopic (exact) mass is 305 g/mol. The maximum atomic E-state index is 9.18. The van der Waals surface area contributed by atoms with Crippen molar-refractivity contribution in [3.8, 4) is 5.75 Å². The van der Waals surface area contributed by atoms with Crippen LogP contribution in [0.2, 0.25) is 0 Å². The molecule has 2 rings (SSSR count). The van der Waals surface area contributed by atoms with Crippen LogP contribution in [0.3, 0.4) is 0 Å². The van der Waals surface area contributed by atoms with Crippen molar-refractivity contribution in [2.45, 2.75) is 52.0 Å². The van der Waals surface area contributed by atoms with Crippen LogP contribution in [0.1, 0.15) is 51.0 Å². The highest BCUT2D eigenvalue weighted by molar-refractivity contribution is 5.27. The smallest absolute Gasteiger partial charge is 0.119 e. The first-order valence-electron chi connectivity index (χ1n) is 8.86. The molecule has 1 aromatic carbocycles. The Balaban J connectivity index is 1.68. The van der Waals surface area contributed by atoms with E-state index in [1.165, 1.54) is 24.8 Å². The molecule has 0 spiro atoms. The topological polar surface area (TPSA) is 32.7 Å². The number of hydrogen-bond acceptors (Lipinski definition) is 3. The van der Waals surface area contributed by atoms with Crippen molar-refractivity contribution in [2.75, 3.05) is 26.3 Å². The highest BCUT2D eigenvalue weighted by Crippen LogP contribution is 2.19. The number of rotatable bonds is 9. The molecule has 0 aliphatic carbocycles. The summed E-state index contributed by atoms with van der Waals surface area (Å²) in [6.45, 7) is 6.61. The van der Waals surface area contributed by atoms with E-state index in [2.05, 4.69) is 36.1 Å². The van der Waals surface area contributed by atoms with E-state index in [1.807, 2.05) is 0 Å². The third kappa shape index (κ3) is 5.98. The number of ether oxygens (including phenoxy) is 1. The van der Waals surface area contributed by atoms with Gasteiger partial charge in [0.25, 0.3) is 0 Å². The fraction of sp³-hybridized carbons (Fsp3) is 0.684. The average Bonchev–Trinajstić information content (AvgIpc) is 2.57. The van der Waals surface area contributed by atoms with Gasteiger partial charge in [-0.3, -0.25) is 4.90 Å². The van der Waals surface area contributed by atoms with E-state index in [1.54, 1.807) is 0 Å². The van der Waals surface area contributed by atoms with Gasteiger partial charge in [-0.05, 0) is 56.0 Å². The Bertz CT molecular complexity index is 396. The van der Waals surface area contributed by atoms with Gasteiger partial charge in [0.05, 0.1) is 6.61 Å². The van der Waals surface area contributed by atoms with E-state index in [-0.39, 0.29) is 0 Å². The zero-order valence-electron chi connectivity index (χ0n) is 14.0. The second-order valence-electron chi connectivity index (χ2n) is 6.46. The number of likely N-dealkylation sites (tertiary alicyclic amines) is 1. The van der Waals surface area contributed by atoms with E-state index in [0.29, 0.717) is 12.5 Å². The van der Waals surface area contributed by atoms with Crippen molar-refractivity contribution in [2.24, 2.45) is 5.92 Å². The first-order valence-corrected chi connectivity index (χ1v) is 8.86. The first-order chi connectivity index (χ1) is 10.8. The lowest BCUT2D eigenvalue weighted by Gasteiger charge is -2.31. The van der Waals surface area contributed by atoms with Crippen LogP contribution in [0.4, 0.5) is 0 Å². The summed E-state index contributed by atoms with van der Waals surface area (Å²) in [7, 11) is 0. The fourth-order valence-electron chi connectivity index (χ4n) is 3.00.